The van der Waals surface area contributed by atoms with Crippen molar-refractivity contribution >= 4 is 39.9 Å². The van der Waals surface area contributed by atoms with Gasteiger partial charge in [-0.25, -0.2) is 4.98 Å². The number of aromatic nitrogens is 1. The molecule has 0 saturated heterocycles. The van der Waals surface area contributed by atoms with Gasteiger partial charge in [-0.2, -0.15) is 0 Å². The smallest absolute Gasteiger partial charge is 0.254 e. The number of rotatable bonds is 6. The summed E-state index contributed by atoms with van der Waals surface area (Å²) in [5, 5.41) is 5.83. The number of hydrogen-bond donors (Lipinski definition) is 1. The Balaban J connectivity index is 1.70. The van der Waals surface area contributed by atoms with Gasteiger partial charge in [0.25, 0.3) is 5.91 Å². The van der Waals surface area contributed by atoms with E-state index in [1.807, 2.05) is 12.3 Å². The Morgan fingerprint density at radius 3 is 2.56 bits per heavy atom. The third kappa shape index (κ3) is 5.78. The molecule has 0 unspecified atom stereocenters. The summed E-state index contributed by atoms with van der Waals surface area (Å²) in [4.78, 5) is 31.4. The number of nitrogens with zero attached hydrogens (tertiary/aromatic N) is 2. The summed E-state index contributed by atoms with van der Waals surface area (Å²) < 4.78 is 0. The van der Waals surface area contributed by atoms with E-state index in [4.69, 9.17) is 11.6 Å². The van der Waals surface area contributed by atoms with Crippen LogP contribution < -0.4 is 5.32 Å². The van der Waals surface area contributed by atoms with E-state index in [-0.39, 0.29) is 18.4 Å². The van der Waals surface area contributed by atoms with E-state index in [1.54, 1.807) is 29.2 Å². The first-order chi connectivity index (χ1) is 13.0. The van der Waals surface area contributed by atoms with Crippen LogP contribution in [0.15, 0.2) is 29.6 Å². The molecule has 1 N–H and O–H groups in total. The van der Waals surface area contributed by atoms with Crippen LogP contribution in [0.25, 0.3) is 0 Å². The van der Waals surface area contributed by atoms with Crippen LogP contribution in [0.3, 0.4) is 0 Å². The van der Waals surface area contributed by atoms with Gasteiger partial charge in [0.05, 0.1) is 5.69 Å². The van der Waals surface area contributed by atoms with Crippen LogP contribution in [0.4, 0.5) is 5.13 Å². The summed E-state index contributed by atoms with van der Waals surface area (Å²) in [5.41, 5.74) is 1.42. The molecule has 1 fully saturated rings. The molecule has 3 rings (SSSR count). The molecule has 2 amide bonds. The van der Waals surface area contributed by atoms with Gasteiger partial charge >= 0.3 is 0 Å². The van der Waals surface area contributed by atoms with Gasteiger partial charge in [-0.1, -0.05) is 30.9 Å². The van der Waals surface area contributed by atoms with Crippen LogP contribution in [0.2, 0.25) is 5.02 Å². The lowest BCUT2D eigenvalue weighted by molar-refractivity contribution is -0.117. The van der Waals surface area contributed by atoms with E-state index in [9.17, 15) is 9.59 Å². The summed E-state index contributed by atoms with van der Waals surface area (Å²) in [5.74, 6) is 0.0927. The molecule has 1 aliphatic rings. The van der Waals surface area contributed by atoms with Crippen LogP contribution in [0.5, 0.6) is 0 Å². The van der Waals surface area contributed by atoms with Crippen LogP contribution in [0.1, 0.15) is 48.2 Å². The zero-order chi connectivity index (χ0) is 19.2. The van der Waals surface area contributed by atoms with E-state index >= 15 is 0 Å². The molecular weight excluding hydrogens is 382 g/mol. The van der Waals surface area contributed by atoms with Crippen LogP contribution in [0, 0.1) is 12.8 Å². The minimum Gasteiger partial charge on any atom is -0.329 e. The second kappa shape index (κ2) is 9.33. The van der Waals surface area contributed by atoms with Gasteiger partial charge in [-0.15, -0.1) is 11.3 Å². The minimum absolute atomic E-state index is 0.0244. The molecule has 144 valence electrons. The molecular formula is C20H24ClN3O2S. The van der Waals surface area contributed by atoms with Crippen molar-refractivity contribution in [2.45, 2.75) is 39.0 Å². The predicted molar refractivity (Wildman–Crippen MR) is 109 cm³/mol. The molecule has 1 heterocycles. The van der Waals surface area contributed by atoms with Crippen molar-refractivity contribution in [1.82, 2.24) is 9.88 Å². The largest absolute Gasteiger partial charge is 0.329 e. The fourth-order valence-electron chi connectivity index (χ4n) is 3.42. The van der Waals surface area contributed by atoms with Crippen molar-refractivity contribution in [2.75, 3.05) is 18.4 Å². The lowest BCUT2D eigenvalue weighted by atomic mass is 9.89. The minimum atomic E-state index is -0.220. The molecule has 7 heteroatoms. The Morgan fingerprint density at radius 2 is 1.93 bits per heavy atom. The summed E-state index contributed by atoms with van der Waals surface area (Å²) >= 11 is 7.32. The molecule has 27 heavy (non-hydrogen) atoms. The Labute approximate surface area is 168 Å². The quantitative estimate of drug-likeness (QED) is 0.753. The van der Waals surface area contributed by atoms with E-state index in [0.717, 1.165) is 18.5 Å². The average Bonchev–Trinajstić information content (AvgIpc) is 3.06. The summed E-state index contributed by atoms with van der Waals surface area (Å²) in [7, 11) is 0. The molecule has 0 spiro atoms. The summed E-state index contributed by atoms with van der Waals surface area (Å²) in [6.07, 6.45) is 5.86. The zero-order valence-electron chi connectivity index (χ0n) is 15.4. The number of halogens is 1. The fraction of sp³-hybridized carbons (Fsp3) is 0.450. The Morgan fingerprint density at radius 1 is 1.22 bits per heavy atom. The molecule has 1 saturated carbocycles. The summed E-state index contributed by atoms with van der Waals surface area (Å²) in [6.45, 7) is 2.51. The van der Waals surface area contributed by atoms with Crippen LogP contribution in [-0.2, 0) is 4.79 Å². The number of anilines is 1. The number of nitrogens with one attached hydrogen (secondary N) is 1. The predicted octanol–water partition coefficient (Wildman–Crippen LogP) is 4.77. The lowest BCUT2D eigenvalue weighted by Gasteiger charge is -2.29. The second-order valence-corrected chi connectivity index (χ2v) is 8.33. The van der Waals surface area contributed by atoms with Crippen LogP contribution >= 0.6 is 22.9 Å². The van der Waals surface area contributed by atoms with Crippen molar-refractivity contribution in [3.63, 3.8) is 0 Å². The first kappa shape index (κ1) is 19.8. The van der Waals surface area contributed by atoms with Gasteiger partial charge in [0.2, 0.25) is 5.91 Å². The molecule has 1 aromatic carbocycles. The van der Waals surface area contributed by atoms with E-state index in [2.05, 4.69) is 10.3 Å². The summed E-state index contributed by atoms with van der Waals surface area (Å²) in [6, 6.07) is 6.82. The average molecular weight is 406 g/mol. The third-order valence-corrected chi connectivity index (χ3v) is 5.91. The van der Waals surface area contributed by atoms with Crippen LogP contribution in [-0.4, -0.2) is 34.8 Å². The topological polar surface area (TPSA) is 62.3 Å². The maximum atomic E-state index is 13.0. The van der Waals surface area contributed by atoms with Gasteiger partial charge < -0.3 is 10.2 Å². The maximum Gasteiger partial charge on any atom is 0.254 e. The first-order valence-electron chi connectivity index (χ1n) is 9.28. The third-order valence-electron chi connectivity index (χ3n) is 4.78. The molecule has 2 aromatic rings. The van der Waals surface area contributed by atoms with Crippen molar-refractivity contribution in [3.8, 4) is 0 Å². The molecule has 0 bridgehead atoms. The molecule has 0 aliphatic heterocycles. The lowest BCUT2D eigenvalue weighted by Crippen LogP contribution is -2.41. The highest BCUT2D eigenvalue weighted by atomic mass is 35.5. The highest BCUT2D eigenvalue weighted by molar-refractivity contribution is 7.13. The van der Waals surface area contributed by atoms with Gasteiger partial charge in [0, 0.05) is 22.5 Å². The number of hydrogen-bond acceptors (Lipinski definition) is 4. The molecule has 1 aliphatic carbocycles. The normalized spacial score (nSPS) is 14.7. The number of thiazole rings is 1. The molecule has 1 aromatic heterocycles. The number of amides is 2. The number of carbonyl (C=O) groups is 2. The number of benzene rings is 1. The monoisotopic (exact) mass is 405 g/mol. The molecule has 0 atom stereocenters. The molecule has 5 nitrogen and oxygen atoms in total. The van der Waals surface area contributed by atoms with Crippen molar-refractivity contribution in [1.29, 1.82) is 0 Å². The Hall–Kier alpha value is -1.92. The van der Waals surface area contributed by atoms with E-state index in [1.165, 1.54) is 30.6 Å². The Kier molecular flexibility index (Phi) is 6.85. The van der Waals surface area contributed by atoms with Gasteiger partial charge in [-0.3, -0.25) is 9.59 Å². The van der Waals surface area contributed by atoms with E-state index < -0.39 is 0 Å². The second-order valence-electron chi connectivity index (χ2n) is 7.04. The number of aryl methyl sites for hydroxylation is 1. The fourth-order valence-corrected chi connectivity index (χ4v) is 4.25. The molecule has 0 radical (unpaired) electrons. The van der Waals surface area contributed by atoms with Crippen molar-refractivity contribution in [2.24, 2.45) is 5.92 Å². The highest BCUT2D eigenvalue weighted by Gasteiger charge is 2.24. The maximum absolute atomic E-state index is 13.0. The zero-order valence-corrected chi connectivity index (χ0v) is 17.0. The van der Waals surface area contributed by atoms with Gasteiger partial charge in [0.1, 0.15) is 6.54 Å². The van der Waals surface area contributed by atoms with Crippen molar-refractivity contribution < 1.29 is 9.59 Å². The number of carbonyl (C=O) groups excluding carboxylic acids is 2. The van der Waals surface area contributed by atoms with E-state index in [0.29, 0.717) is 28.2 Å². The highest BCUT2D eigenvalue weighted by Crippen LogP contribution is 2.25. The van der Waals surface area contributed by atoms with Crippen molar-refractivity contribution in [3.05, 3.63) is 45.9 Å². The standard InChI is InChI=1S/C20H24ClN3O2S/c1-14-13-27-20(22-14)23-18(25)12-24(11-15-5-3-2-4-6-15)19(26)16-7-9-17(21)10-8-16/h7-10,13,15H,2-6,11-12H2,1H3,(H,22,23,25). The SMILES string of the molecule is Cc1csc(NC(=O)CN(CC2CCCCC2)C(=O)c2ccc(Cl)cc2)n1. The first-order valence-corrected chi connectivity index (χ1v) is 10.5. The Bertz CT molecular complexity index is 785. The van der Waals surface area contributed by atoms with Gasteiger partial charge in [0.15, 0.2) is 5.13 Å². The van der Waals surface area contributed by atoms with Gasteiger partial charge in [-0.05, 0) is 49.9 Å².